The minimum absolute atomic E-state index is 0.170. The number of hydrogen-bond donors (Lipinski definition) is 1. The predicted octanol–water partition coefficient (Wildman–Crippen LogP) is 5.33. The van der Waals surface area contributed by atoms with E-state index in [0.717, 1.165) is 55.1 Å². The Hall–Kier alpha value is -3.21. The zero-order chi connectivity index (χ0) is 22.7. The average Bonchev–Trinajstić information content (AvgIpc) is 3.33. The van der Waals surface area contributed by atoms with Gasteiger partial charge in [-0.3, -0.25) is 4.90 Å². The van der Waals surface area contributed by atoms with Crippen molar-refractivity contribution in [1.82, 2.24) is 14.5 Å². The van der Waals surface area contributed by atoms with Gasteiger partial charge in [-0.2, -0.15) is 0 Å². The molecule has 2 aromatic heterocycles. The van der Waals surface area contributed by atoms with Crippen molar-refractivity contribution in [2.75, 3.05) is 13.1 Å². The van der Waals surface area contributed by atoms with E-state index in [1.807, 2.05) is 49.4 Å². The molecule has 168 valence electrons. The maximum absolute atomic E-state index is 12.1. The molecule has 1 N–H and O–H groups in total. The van der Waals surface area contributed by atoms with Gasteiger partial charge in [0, 0.05) is 24.1 Å². The van der Waals surface area contributed by atoms with E-state index in [-0.39, 0.29) is 5.92 Å². The lowest BCUT2D eigenvalue weighted by Crippen LogP contribution is -2.44. The number of rotatable bonds is 6. The van der Waals surface area contributed by atoms with Crippen molar-refractivity contribution in [3.8, 4) is 5.82 Å². The summed E-state index contributed by atoms with van der Waals surface area (Å²) in [6, 6.07) is 30.7. The van der Waals surface area contributed by atoms with Crippen LogP contribution in [0.3, 0.4) is 0 Å². The van der Waals surface area contributed by atoms with Crippen molar-refractivity contribution >= 4 is 0 Å². The van der Waals surface area contributed by atoms with E-state index in [1.165, 1.54) is 5.69 Å². The lowest BCUT2D eigenvalue weighted by Gasteiger charge is -2.42. The Morgan fingerprint density at radius 2 is 1.45 bits per heavy atom. The average molecular weight is 438 g/mol. The maximum atomic E-state index is 12.1. The monoisotopic (exact) mass is 437 g/mol. The first-order chi connectivity index (χ1) is 16.1. The number of piperidine rings is 1. The summed E-state index contributed by atoms with van der Waals surface area (Å²) in [6.07, 6.45) is 3.99. The predicted molar refractivity (Wildman–Crippen MR) is 132 cm³/mol. The number of aromatic nitrogens is 2. The van der Waals surface area contributed by atoms with E-state index in [9.17, 15) is 5.11 Å². The lowest BCUT2D eigenvalue weighted by atomic mass is 9.72. The highest BCUT2D eigenvalue weighted by molar-refractivity contribution is 5.37. The molecule has 0 atom stereocenters. The first-order valence-electron chi connectivity index (χ1n) is 11.8. The second-order valence-corrected chi connectivity index (χ2v) is 9.06. The molecule has 1 aliphatic heterocycles. The van der Waals surface area contributed by atoms with Crippen LogP contribution in [0.25, 0.3) is 5.82 Å². The molecule has 0 unspecified atom stereocenters. The summed E-state index contributed by atoms with van der Waals surface area (Å²) in [4.78, 5) is 7.19. The van der Waals surface area contributed by atoms with Gasteiger partial charge >= 0.3 is 0 Å². The lowest BCUT2D eigenvalue weighted by molar-refractivity contribution is -0.0154. The van der Waals surface area contributed by atoms with Gasteiger partial charge < -0.3 is 9.67 Å². The SMILES string of the molecule is Cc1cccc(-n2cccc2CN2CCC(C(O)(c3ccccc3)c3ccccc3)CC2)n1. The first-order valence-corrected chi connectivity index (χ1v) is 11.8. The topological polar surface area (TPSA) is 41.3 Å². The van der Waals surface area contributed by atoms with Crippen LogP contribution in [0.1, 0.15) is 35.4 Å². The molecule has 0 radical (unpaired) electrons. The van der Waals surface area contributed by atoms with Crippen LogP contribution < -0.4 is 0 Å². The third-order valence-corrected chi connectivity index (χ3v) is 6.95. The summed E-state index contributed by atoms with van der Waals surface area (Å²) in [5, 5.41) is 12.1. The van der Waals surface area contributed by atoms with Gasteiger partial charge in [-0.25, -0.2) is 4.98 Å². The molecule has 0 saturated carbocycles. The summed E-state index contributed by atoms with van der Waals surface area (Å²) in [7, 11) is 0. The molecule has 0 bridgehead atoms. The maximum Gasteiger partial charge on any atom is 0.137 e. The Kier molecular flexibility index (Phi) is 6.12. The van der Waals surface area contributed by atoms with Gasteiger partial charge in [-0.1, -0.05) is 66.7 Å². The summed E-state index contributed by atoms with van der Waals surface area (Å²) < 4.78 is 2.18. The van der Waals surface area contributed by atoms with Crippen molar-refractivity contribution in [3.05, 3.63) is 120 Å². The van der Waals surface area contributed by atoms with E-state index in [1.54, 1.807) is 0 Å². The summed E-state index contributed by atoms with van der Waals surface area (Å²) in [6.45, 7) is 4.82. The summed E-state index contributed by atoms with van der Waals surface area (Å²) in [5.74, 6) is 1.14. The van der Waals surface area contributed by atoms with Gasteiger partial charge in [0.15, 0.2) is 0 Å². The van der Waals surface area contributed by atoms with Crippen LogP contribution in [-0.2, 0) is 12.1 Å². The second-order valence-electron chi connectivity index (χ2n) is 9.06. The van der Waals surface area contributed by atoms with Crippen molar-refractivity contribution in [2.45, 2.75) is 31.9 Å². The fourth-order valence-corrected chi connectivity index (χ4v) is 5.19. The quantitative estimate of drug-likeness (QED) is 0.443. The van der Waals surface area contributed by atoms with E-state index in [4.69, 9.17) is 4.98 Å². The molecule has 1 saturated heterocycles. The molecular formula is C29H31N3O. The zero-order valence-corrected chi connectivity index (χ0v) is 19.1. The highest BCUT2D eigenvalue weighted by Crippen LogP contribution is 2.42. The zero-order valence-electron chi connectivity index (χ0n) is 19.1. The van der Waals surface area contributed by atoms with Crippen molar-refractivity contribution in [2.24, 2.45) is 5.92 Å². The molecule has 33 heavy (non-hydrogen) atoms. The van der Waals surface area contributed by atoms with E-state index < -0.39 is 5.60 Å². The van der Waals surface area contributed by atoms with Gasteiger partial charge in [0.05, 0.1) is 0 Å². The van der Waals surface area contributed by atoms with Gasteiger partial charge in [0.1, 0.15) is 11.4 Å². The number of benzene rings is 2. The molecule has 4 heteroatoms. The van der Waals surface area contributed by atoms with E-state index in [0.29, 0.717) is 0 Å². The number of aliphatic hydroxyl groups is 1. The Balaban J connectivity index is 1.33. The molecular weight excluding hydrogens is 406 g/mol. The van der Waals surface area contributed by atoms with Crippen LogP contribution in [-0.4, -0.2) is 32.6 Å². The van der Waals surface area contributed by atoms with Gasteiger partial charge in [0.25, 0.3) is 0 Å². The third kappa shape index (κ3) is 4.37. The van der Waals surface area contributed by atoms with Crippen molar-refractivity contribution in [3.63, 3.8) is 0 Å². The molecule has 4 nitrogen and oxygen atoms in total. The number of likely N-dealkylation sites (tertiary alicyclic amines) is 1. The second kappa shape index (κ2) is 9.34. The number of hydrogen-bond acceptors (Lipinski definition) is 3. The number of nitrogens with zero attached hydrogens (tertiary/aromatic N) is 3. The number of aryl methyl sites for hydroxylation is 1. The largest absolute Gasteiger partial charge is 0.380 e. The molecule has 3 heterocycles. The van der Waals surface area contributed by atoms with Gasteiger partial charge in [-0.05, 0) is 74.2 Å². The third-order valence-electron chi connectivity index (χ3n) is 6.95. The van der Waals surface area contributed by atoms with Crippen LogP contribution in [0.4, 0.5) is 0 Å². The Morgan fingerprint density at radius 3 is 2.06 bits per heavy atom. The summed E-state index contributed by atoms with van der Waals surface area (Å²) >= 11 is 0. The molecule has 1 aliphatic rings. The fraction of sp³-hybridized carbons (Fsp3) is 0.276. The molecule has 5 rings (SSSR count). The van der Waals surface area contributed by atoms with Gasteiger partial charge in [-0.15, -0.1) is 0 Å². The molecule has 2 aromatic carbocycles. The fourth-order valence-electron chi connectivity index (χ4n) is 5.19. The van der Waals surface area contributed by atoms with Crippen molar-refractivity contribution in [1.29, 1.82) is 0 Å². The standard InChI is InChI=1S/C29H31N3O/c1-23-10-8-16-28(30-23)32-19-9-15-27(32)22-31-20-17-26(18-21-31)29(33,24-11-4-2-5-12-24)25-13-6-3-7-14-25/h2-16,19,26,33H,17-18,20-22H2,1H3. The minimum atomic E-state index is -0.972. The highest BCUT2D eigenvalue weighted by Gasteiger charge is 2.41. The van der Waals surface area contributed by atoms with E-state index in [2.05, 4.69) is 64.2 Å². The molecule has 0 amide bonds. The van der Waals surface area contributed by atoms with Crippen LogP contribution in [0.15, 0.2) is 97.2 Å². The number of pyridine rings is 1. The normalized spacial score (nSPS) is 15.6. The van der Waals surface area contributed by atoms with Gasteiger partial charge in [0.2, 0.25) is 0 Å². The van der Waals surface area contributed by atoms with Crippen LogP contribution in [0.2, 0.25) is 0 Å². The minimum Gasteiger partial charge on any atom is -0.380 e. The molecule has 0 spiro atoms. The summed E-state index contributed by atoms with van der Waals surface area (Å²) in [5.41, 5.74) is 3.26. The Labute approximate surface area is 196 Å². The van der Waals surface area contributed by atoms with Crippen LogP contribution in [0, 0.1) is 12.8 Å². The molecule has 4 aromatic rings. The van der Waals surface area contributed by atoms with E-state index >= 15 is 0 Å². The smallest absolute Gasteiger partial charge is 0.137 e. The first kappa shape index (κ1) is 21.6. The highest BCUT2D eigenvalue weighted by atomic mass is 16.3. The van der Waals surface area contributed by atoms with Crippen LogP contribution >= 0.6 is 0 Å². The Morgan fingerprint density at radius 1 is 0.818 bits per heavy atom. The molecule has 0 aliphatic carbocycles. The van der Waals surface area contributed by atoms with Crippen LogP contribution in [0.5, 0.6) is 0 Å². The molecule has 1 fully saturated rings. The van der Waals surface area contributed by atoms with Crippen molar-refractivity contribution < 1.29 is 5.11 Å². The Bertz CT molecular complexity index is 1140.